The summed E-state index contributed by atoms with van der Waals surface area (Å²) in [5.41, 5.74) is 10.8. The minimum absolute atomic E-state index is 0.0183. The van der Waals surface area contributed by atoms with Crippen molar-refractivity contribution >= 4 is 49.4 Å². The van der Waals surface area contributed by atoms with Crippen molar-refractivity contribution in [3.8, 4) is 22.3 Å². The van der Waals surface area contributed by atoms with Gasteiger partial charge in [0.05, 0.1) is 22.5 Å². The van der Waals surface area contributed by atoms with Crippen molar-refractivity contribution in [1.29, 1.82) is 0 Å². The number of halogens is 6. The molecule has 2 aliphatic rings. The number of hydrogen-bond donors (Lipinski definition) is 3. The van der Waals surface area contributed by atoms with Gasteiger partial charge in [-0.05, 0) is 90.9 Å². The number of aromatic nitrogens is 8. The summed E-state index contributed by atoms with van der Waals surface area (Å²) >= 11 is 0. The van der Waals surface area contributed by atoms with E-state index in [2.05, 4.69) is 34.5 Å². The fourth-order valence-electron chi connectivity index (χ4n) is 8.94. The molecule has 2 fully saturated rings. The predicted octanol–water partition coefficient (Wildman–Crippen LogP) is 10.9. The van der Waals surface area contributed by atoms with Gasteiger partial charge in [0.25, 0.3) is 0 Å². The van der Waals surface area contributed by atoms with Gasteiger partial charge >= 0.3 is 0 Å². The summed E-state index contributed by atoms with van der Waals surface area (Å²) in [6, 6.07) is 16.1. The highest BCUT2D eigenvalue weighted by Gasteiger charge is 2.30. The first kappa shape index (κ1) is 42.8. The lowest BCUT2D eigenvalue weighted by molar-refractivity contribution is 0.214. The molecule has 4 N–H and O–H groups in total. The Morgan fingerprint density at radius 2 is 0.956 bits per heavy atom. The molecule has 2 saturated carbocycles. The summed E-state index contributed by atoms with van der Waals surface area (Å²) in [6.07, 6.45) is 10.8. The normalized spacial score (nSPS) is 14.7. The van der Waals surface area contributed by atoms with Crippen LogP contribution >= 0.6 is 0 Å². The minimum atomic E-state index is -1.37. The molecular weight excluding hydrogens is 885 g/mol. The van der Waals surface area contributed by atoms with Gasteiger partial charge in [0, 0.05) is 87.4 Å². The van der Waals surface area contributed by atoms with Gasteiger partial charge in [0.2, 0.25) is 0 Å². The maximum Gasteiger partial charge on any atom is 0.146 e. The summed E-state index contributed by atoms with van der Waals surface area (Å²) in [6.45, 7) is 1.88. The van der Waals surface area contributed by atoms with Crippen LogP contribution in [0.25, 0.3) is 65.9 Å². The van der Waals surface area contributed by atoms with Gasteiger partial charge in [-0.25, -0.2) is 46.3 Å². The highest BCUT2D eigenvalue weighted by molar-refractivity contribution is 6.03. The van der Waals surface area contributed by atoms with E-state index in [1.807, 2.05) is 23.9 Å². The Labute approximate surface area is 382 Å². The lowest BCUT2D eigenvalue weighted by Crippen LogP contribution is -2.04. The molecule has 0 aliphatic heterocycles. The second-order valence-corrected chi connectivity index (χ2v) is 17.2. The number of aliphatic hydroxyl groups is 2. The molecule has 68 heavy (non-hydrogen) atoms. The van der Waals surface area contributed by atoms with Crippen molar-refractivity contribution in [1.82, 2.24) is 39.0 Å². The van der Waals surface area contributed by atoms with Crippen LogP contribution in [0.1, 0.15) is 78.2 Å². The molecule has 11 nitrogen and oxygen atoms in total. The van der Waals surface area contributed by atoms with Crippen LogP contribution in [0.15, 0.2) is 110 Å². The first-order chi connectivity index (χ1) is 32.8. The molecule has 0 spiro atoms. The number of nitrogens with two attached hydrogens (primary N) is 1. The molecule has 17 heteroatoms. The molecule has 0 amide bonds. The molecule has 6 heterocycles. The minimum Gasteiger partial charge on any atom is -0.383 e. The van der Waals surface area contributed by atoms with Crippen LogP contribution in [-0.2, 0) is 0 Å². The van der Waals surface area contributed by atoms with Crippen LogP contribution in [0, 0.1) is 41.8 Å². The van der Waals surface area contributed by atoms with Gasteiger partial charge in [-0.2, -0.15) is 0 Å². The zero-order valence-corrected chi connectivity index (χ0v) is 35.8. The van der Waals surface area contributed by atoms with Crippen LogP contribution in [0.3, 0.4) is 0 Å². The SMILES string of the molecule is Cc1ncnc2c1c(-c1ccc3cc(C(O)c4cc(F)cc(F)c4)ncc3c1F)cn2C1CC1.Nc1ncnc2c1c(-c1ccc3cc(C(O)c4cc(F)cc(F)c4)ncc3c1F)cn2C1CC1. The number of anilines is 1. The highest BCUT2D eigenvalue weighted by atomic mass is 19.2. The number of nitrogens with zero attached hydrogens (tertiary/aromatic N) is 8. The molecule has 6 aromatic heterocycles. The summed E-state index contributed by atoms with van der Waals surface area (Å²) in [7, 11) is 0. The number of fused-ring (bicyclic) bond motifs is 4. The molecule has 0 radical (unpaired) electrons. The summed E-state index contributed by atoms with van der Waals surface area (Å²) in [5.74, 6) is -3.87. The molecule has 0 saturated heterocycles. The molecule has 4 aromatic carbocycles. The quantitative estimate of drug-likeness (QED) is 0.126. The number of nitrogen functional groups attached to an aromatic ring is 1. The Morgan fingerprint density at radius 1 is 0.529 bits per heavy atom. The first-order valence-electron chi connectivity index (χ1n) is 21.7. The summed E-state index contributed by atoms with van der Waals surface area (Å²) in [4.78, 5) is 25.6. The van der Waals surface area contributed by atoms with Crippen LogP contribution in [0.4, 0.5) is 32.2 Å². The topological polar surface area (TPSA) is 154 Å². The van der Waals surface area contributed by atoms with Crippen molar-refractivity contribution in [2.75, 3.05) is 5.73 Å². The van der Waals surface area contributed by atoms with Crippen LogP contribution < -0.4 is 5.73 Å². The second kappa shape index (κ2) is 16.5. The van der Waals surface area contributed by atoms with Crippen molar-refractivity contribution in [2.24, 2.45) is 0 Å². The van der Waals surface area contributed by atoms with E-state index in [0.717, 1.165) is 84.4 Å². The van der Waals surface area contributed by atoms with E-state index in [9.17, 15) is 27.8 Å². The van der Waals surface area contributed by atoms with Gasteiger partial charge in [-0.3, -0.25) is 9.97 Å². The number of pyridine rings is 2. The van der Waals surface area contributed by atoms with Gasteiger partial charge in [-0.1, -0.05) is 24.3 Å². The third kappa shape index (κ3) is 7.62. The maximum atomic E-state index is 15.8. The molecule has 2 unspecified atom stereocenters. The zero-order valence-electron chi connectivity index (χ0n) is 35.8. The van der Waals surface area contributed by atoms with Crippen LogP contribution in [0.5, 0.6) is 0 Å². The Kier molecular flexibility index (Phi) is 10.4. The predicted molar refractivity (Wildman–Crippen MR) is 243 cm³/mol. The summed E-state index contributed by atoms with van der Waals surface area (Å²) < 4.78 is 89.9. The van der Waals surface area contributed by atoms with Crippen molar-refractivity contribution in [3.05, 3.63) is 173 Å². The monoisotopic (exact) mass is 921 g/mol. The average Bonchev–Trinajstić information content (AvgIpc) is 4.27. The highest BCUT2D eigenvalue weighted by Crippen LogP contribution is 2.45. The van der Waals surface area contributed by atoms with Crippen molar-refractivity contribution < 1.29 is 36.6 Å². The van der Waals surface area contributed by atoms with E-state index >= 15 is 8.78 Å². The van der Waals surface area contributed by atoms with E-state index in [0.29, 0.717) is 50.6 Å². The Hall–Kier alpha value is -7.76. The average molecular weight is 922 g/mol. The van der Waals surface area contributed by atoms with E-state index < -0.39 is 47.1 Å². The summed E-state index contributed by atoms with van der Waals surface area (Å²) in [5, 5.41) is 24.1. The number of hydrogen-bond acceptors (Lipinski definition) is 9. The number of benzene rings is 4. The van der Waals surface area contributed by atoms with Crippen LogP contribution in [0.2, 0.25) is 0 Å². The van der Waals surface area contributed by atoms with Crippen LogP contribution in [-0.4, -0.2) is 49.3 Å². The fraction of sp³-hybridized carbons (Fsp3) is 0.176. The number of aliphatic hydroxyl groups excluding tert-OH is 2. The lowest BCUT2D eigenvalue weighted by Gasteiger charge is -2.13. The van der Waals surface area contributed by atoms with E-state index in [-0.39, 0.29) is 39.1 Å². The van der Waals surface area contributed by atoms with Gasteiger partial charge in [0.15, 0.2) is 0 Å². The number of rotatable bonds is 8. The Morgan fingerprint density at radius 3 is 1.41 bits per heavy atom. The second-order valence-electron chi connectivity index (χ2n) is 17.2. The van der Waals surface area contributed by atoms with Gasteiger partial charge < -0.3 is 25.1 Å². The maximum absolute atomic E-state index is 15.8. The third-order valence-corrected chi connectivity index (χ3v) is 12.6. The molecule has 2 aliphatic carbocycles. The molecule has 340 valence electrons. The van der Waals surface area contributed by atoms with Crippen molar-refractivity contribution in [2.45, 2.75) is 56.9 Å². The van der Waals surface area contributed by atoms with E-state index in [1.54, 1.807) is 24.3 Å². The van der Waals surface area contributed by atoms with Gasteiger partial charge in [-0.15, -0.1) is 0 Å². The molecule has 10 aromatic rings. The zero-order chi connectivity index (χ0) is 47.1. The number of aryl methyl sites for hydroxylation is 1. The smallest absolute Gasteiger partial charge is 0.146 e. The molecular formula is C51H37F6N9O2. The van der Waals surface area contributed by atoms with E-state index in [1.165, 1.54) is 37.2 Å². The fourth-order valence-corrected chi connectivity index (χ4v) is 8.94. The molecule has 0 bridgehead atoms. The Bertz CT molecular complexity index is 3390. The third-order valence-electron chi connectivity index (χ3n) is 12.6. The Balaban J connectivity index is 0.000000149. The lowest BCUT2D eigenvalue weighted by atomic mass is 9.99. The van der Waals surface area contributed by atoms with E-state index in [4.69, 9.17) is 5.73 Å². The van der Waals surface area contributed by atoms with Gasteiger partial charge in [0.1, 0.15) is 76.9 Å². The molecule has 2 atom stereocenters. The standard InChI is InChI=1S/C26H19F3N4O.C25H18F3N5O/c1-13-23-21(11-33(18-3-4-18)26(23)32-12-31-13)19-5-2-14-8-22(30-10-20(14)24(19)29)25(34)15-6-16(27)9-17(28)7-15;26-14-5-13(6-15(27)8-14)23(34)20-7-12-1-4-17(22(28)18(12)9-30-20)19-10-33(16-2-3-16)25-21(19)24(29)31-11-32-25/h2,5-12,18,25,34H,3-4H2,1H3;1,4-11,16,23,34H,2-3H2,(H2,29,31,32). The first-order valence-corrected chi connectivity index (χ1v) is 21.7. The molecule has 12 rings (SSSR count). The largest absolute Gasteiger partial charge is 0.383 e. The van der Waals surface area contributed by atoms with Crippen molar-refractivity contribution in [3.63, 3.8) is 0 Å².